The molecule has 10 nitrogen and oxygen atoms in total. The van der Waals surface area contributed by atoms with Gasteiger partial charge in [-0.1, -0.05) is 11.6 Å². The molecule has 0 aromatic carbocycles. The Hall–Kier alpha value is -1.87. The average molecular weight is 672 g/mol. The van der Waals surface area contributed by atoms with Gasteiger partial charge in [-0.15, -0.1) is 4.72 Å². The molecule has 1 unspecified atom stereocenters. The highest BCUT2D eigenvalue weighted by Crippen LogP contribution is 2.44. The van der Waals surface area contributed by atoms with E-state index in [0.29, 0.717) is 20.3 Å². The van der Waals surface area contributed by atoms with E-state index in [1.165, 1.54) is 7.11 Å². The molecular formula is C25H31ClIN7O3S. The average Bonchev–Trinajstić information content (AvgIpc) is 3.50. The first kappa shape index (κ1) is 27.7. The second-order valence-electron chi connectivity index (χ2n) is 10.8. The fourth-order valence-corrected chi connectivity index (χ4v) is 7.12. The van der Waals surface area contributed by atoms with Crippen molar-refractivity contribution in [2.45, 2.75) is 44.4 Å². The third kappa shape index (κ3) is 5.17. The maximum Gasteiger partial charge on any atom is 0.358 e. The standard InChI is InChI=1S/C25H31ClIN7O3S/c1-24(2,3)38(36)31-17-14-33(16-5-8-28-18(26)13-16)15-25(17)6-10-32(11-7-25)23-30-20(22(35)37-4)19(27)21-29-9-12-34(21)23/h5,8-9,12-13,17,31H,6-7,10-11,14-15H2,1-4H3/t17-,38?/m1/s1. The SMILES string of the molecule is COC(=O)c1nc(N2CCC3(CC2)CN(c2ccnc(Cl)c2)C[C@H]3N[S+]([O-])C(C)(C)C)n2ccnc2c1I. The van der Waals surface area contributed by atoms with E-state index in [9.17, 15) is 9.35 Å². The summed E-state index contributed by atoms with van der Waals surface area (Å²) in [6, 6.07) is 3.88. The van der Waals surface area contributed by atoms with Crippen LogP contribution in [0.25, 0.3) is 5.65 Å². The predicted octanol–water partition coefficient (Wildman–Crippen LogP) is 3.70. The van der Waals surface area contributed by atoms with E-state index < -0.39 is 17.3 Å². The molecule has 3 aromatic rings. The van der Waals surface area contributed by atoms with E-state index >= 15 is 0 Å². The van der Waals surface area contributed by atoms with Crippen LogP contribution >= 0.6 is 34.2 Å². The van der Waals surface area contributed by atoms with Gasteiger partial charge in [0.15, 0.2) is 11.3 Å². The molecule has 0 bridgehead atoms. The number of fused-ring (bicyclic) bond motifs is 1. The van der Waals surface area contributed by atoms with Crippen LogP contribution in [0, 0.1) is 8.99 Å². The summed E-state index contributed by atoms with van der Waals surface area (Å²) < 4.78 is 23.9. The molecule has 2 saturated heterocycles. The van der Waals surface area contributed by atoms with Gasteiger partial charge in [0.2, 0.25) is 5.95 Å². The number of halogens is 2. The van der Waals surface area contributed by atoms with Crippen LogP contribution in [0.1, 0.15) is 44.1 Å². The number of nitrogens with one attached hydrogen (secondary N) is 1. The molecule has 5 rings (SSSR count). The third-order valence-corrected chi connectivity index (χ3v) is 10.2. The summed E-state index contributed by atoms with van der Waals surface area (Å²) >= 11 is 7.10. The molecule has 2 aliphatic heterocycles. The van der Waals surface area contributed by atoms with E-state index in [2.05, 4.69) is 47.1 Å². The number of rotatable bonds is 5. The first-order valence-corrected chi connectivity index (χ1v) is 15.0. The minimum absolute atomic E-state index is 0.0280. The lowest BCUT2D eigenvalue weighted by molar-refractivity contribution is 0.0592. The number of pyridine rings is 1. The number of esters is 1. The van der Waals surface area contributed by atoms with E-state index in [1.54, 1.807) is 12.4 Å². The van der Waals surface area contributed by atoms with Crippen molar-refractivity contribution in [1.82, 2.24) is 24.1 Å². The van der Waals surface area contributed by atoms with Crippen molar-refractivity contribution >= 4 is 68.8 Å². The summed E-state index contributed by atoms with van der Waals surface area (Å²) in [5.41, 5.74) is 1.86. The van der Waals surface area contributed by atoms with Gasteiger partial charge in [-0.05, 0) is 68.3 Å². The molecule has 13 heteroatoms. The smallest absolute Gasteiger partial charge is 0.358 e. The Morgan fingerprint density at radius 1 is 1.26 bits per heavy atom. The lowest BCUT2D eigenvalue weighted by atomic mass is 9.75. The monoisotopic (exact) mass is 671 g/mol. The van der Waals surface area contributed by atoms with Gasteiger partial charge in [0.05, 0.1) is 16.7 Å². The molecule has 5 heterocycles. The molecule has 0 radical (unpaired) electrons. The summed E-state index contributed by atoms with van der Waals surface area (Å²) in [7, 11) is 1.36. The van der Waals surface area contributed by atoms with Crippen molar-refractivity contribution in [3.8, 4) is 0 Å². The maximum absolute atomic E-state index is 13.2. The van der Waals surface area contributed by atoms with Crippen LogP contribution in [0.15, 0.2) is 30.7 Å². The van der Waals surface area contributed by atoms with Gasteiger partial charge in [0, 0.05) is 67.2 Å². The topological polar surface area (TPSA) is 111 Å². The molecule has 204 valence electrons. The summed E-state index contributed by atoms with van der Waals surface area (Å²) in [6.07, 6.45) is 7.02. The highest BCUT2D eigenvalue weighted by Gasteiger charge is 2.51. The van der Waals surface area contributed by atoms with Gasteiger partial charge in [-0.3, -0.25) is 4.40 Å². The van der Waals surface area contributed by atoms with Crippen molar-refractivity contribution in [2.24, 2.45) is 5.41 Å². The summed E-state index contributed by atoms with van der Waals surface area (Å²) in [6.45, 7) is 8.95. The Morgan fingerprint density at radius 3 is 2.66 bits per heavy atom. The molecule has 1 spiro atoms. The highest BCUT2D eigenvalue weighted by molar-refractivity contribution is 14.1. The van der Waals surface area contributed by atoms with Gasteiger partial charge in [0.25, 0.3) is 0 Å². The zero-order valence-corrected chi connectivity index (χ0v) is 25.5. The second-order valence-corrected chi connectivity index (χ2v) is 14.3. The number of piperidine rings is 1. The Bertz CT molecular complexity index is 1340. The first-order chi connectivity index (χ1) is 18.0. The number of carbonyl (C=O) groups is 1. The van der Waals surface area contributed by atoms with Crippen molar-refractivity contribution in [3.63, 3.8) is 0 Å². The number of imidazole rings is 1. The molecule has 0 aliphatic carbocycles. The predicted molar refractivity (Wildman–Crippen MR) is 157 cm³/mol. The van der Waals surface area contributed by atoms with Crippen LogP contribution in [0.2, 0.25) is 5.15 Å². The lowest BCUT2D eigenvalue weighted by Crippen LogP contribution is -2.55. The Kier molecular flexibility index (Phi) is 7.72. The third-order valence-electron chi connectivity index (χ3n) is 7.42. The van der Waals surface area contributed by atoms with Crippen LogP contribution in [-0.4, -0.2) is 74.0 Å². The Labute approximate surface area is 244 Å². The molecule has 0 amide bonds. The maximum atomic E-state index is 13.2. The van der Waals surface area contributed by atoms with Gasteiger partial charge in [-0.2, -0.15) is 0 Å². The molecule has 0 saturated carbocycles. The quantitative estimate of drug-likeness (QED) is 0.188. The number of hydrogen-bond acceptors (Lipinski definition) is 9. The minimum Gasteiger partial charge on any atom is -0.598 e. The number of anilines is 2. The molecule has 2 fully saturated rings. The van der Waals surface area contributed by atoms with Crippen LogP contribution in [-0.2, 0) is 16.1 Å². The highest BCUT2D eigenvalue weighted by atomic mass is 127. The molecule has 2 aliphatic rings. The van der Waals surface area contributed by atoms with Crippen molar-refractivity contribution < 1.29 is 14.1 Å². The van der Waals surface area contributed by atoms with Crippen molar-refractivity contribution in [3.05, 3.63) is 45.1 Å². The number of methoxy groups -OCH3 is 1. The summed E-state index contributed by atoms with van der Waals surface area (Å²) in [4.78, 5) is 30.3. The first-order valence-electron chi connectivity index (χ1n) is 12.4. The summed E-state index contributed by atoms with van der Waals surface area (Å²) in [5, 5.41) is 0.455. The number of aromatic nitrogens is 4. The van der Waals surface area contributed by atoms with Crippen LogP contribution < -0.4 is 14.5 Å². The van der Waals surface area contributed by atoms with Gasteiger partial charge >= 0.3 is 5.97 Å². The van der Waals surface area contributed by atoms with Crippen LogP contribution in [0.5, 0.6) is 0 Å². The van der Waals surface area contributed by atoms with Crippen molar-refractivity contribution in [1.29, 1.82) is 0 Å². The van der Waals surface area contributed by atoms with E-state index in [1.807, 2.05) is 43.5 Å². The van der Waals surface area contributed by atoms with E-state index in [-0.39, 0.29) is 21.9 Å². The molecule has 38 heavy (non-hydrogen) atoms. The minimum atomic E-state index is -1.21. The van der Waals surface area contributed by atoms with Crippen LogP contribution in [0.4, 0.5) is 11.6 Å². The summed E-state index contributed by atoms with van der Waals surface area (Å²) in [5.74, 6) is 0.192. The Morgan fingerprint density at radius 2 is 2.00 bits per heavy atom. The van der Waals surface area contributed by atoms with E-state index in [4.69, 9.17) is 21.3 Å². The van der Waals surface area contributed by atoms with Crippen LogP contribution in [0.3, 0.4) is 0 Å². The number of nitrogens with zero attached hydrogens (tertiary/aromatic N) is 6. The number of carbonyl (C=O) groups excluding carboxylic acids is 1. The second kappa shape index (κ2) is 10.6. The normalized spacial score (nSPS) is 20.3. The van der Waals surface area contributed by atoms with E-state index in [0.717, 1.165) is 44.7 Å². The zero-order valence-electron chi connectivity index (χ0n) is 21.8. The molecule has 3 aromatic heterocycles. The molecule has 1 N–H and O–H groups in total. The van der Waals surface area contributed by atoms with Crippen molar-refractivity contribution in [2.75, 3.05) is 43.1 Å². The lowest BCUT2D eigenvalue weighted by Gasteiger charge is -2.43. The van der Waals surface area contributed by atoms with Gasteiger partial charge < -0.3 is 19.1 Å². The Balaban J connectivity index is 1.43. The van der Waals surface area contributed by atoms with Gasteiger partial charge in [-0.25, -0.2) is 19.7 Å². The van der Waals surface area contributed by atoms with Gasteiger partial charge in [0.1, 0.15) is 9.90 Å². The zero-order chi connectivity index (χ0) is 27.2. The fourth-order valence-electron chi connectivity index (χ4n) is 5.27. The molecule has 2 atom stereocenters. The number of hydrogen-bond donors (Lipinski definition) is 1. The molecular weight excluding hydrogens is 641 g/mol. The number of ether oxygens (including phenoxy) is 1. The fraction of sp³-hybridized carbons (Fsp3) is 0.520. The largest absolute Gasteiger partial charge is 0.598 e.